The van der Waals surface area contributed by atoms with E-state index in [1.807, 2.05) is 6.92 Å². The number of hydrogen-bond acceptors (Lipinski definition) is 4. The van der Waals surface area contributed by atoms with Crippen molar-refractivity contribution in [3.63, 3.8) is 0 Å². The molecule has 0 heterocycles. The summed E-state index contributed by atoms with van der Waals surface area (Å²) in [5.74, 6) is -0.475. The Morgan fingerprint density at radius 2 is 1.95 bits per heavy atom. The molecule has 0 saturated carbocycles. The lowest BCUT2D eigenvalue weighted by Crippen LogP contribution is -2.41. The summed E-state index contributed by atoms with van der Waals surface area (Å²) in [5, 5.41) is 5.05. The van der Waals surface area contributed by atoms with Crippen LogP contribution in [0, 0.1) is 0 Å². The van der Waals surface area contributed by atoms with Crippen LogP contribution in [0.15, 0.2) is 18.2 Å². The number of carbonyl (C=O) groups is 3. The predicted molar refractivity (Wildman–Crippen MR) is 83.4 cm³/mol. The number of rotatable bonds is 7. The van der Waals surface area contributed by atoms with E-state index in [9.17, 15) is 14.4 Å². The van der Waals surface area contributed by atoms with Crippen LogP contribution in [0.2, 0.25) is 5.02 Å². The van der Waals surface area contributed by atoms with Crippen LogP contribution in [-0.4, -0.2) is 30.9 Å². The Balaban J connectivity index is 2.62. The Bertz CT molecular complexity index is 560. The van der Waals surface area contributed by atoms with Gasteiger partial charge in [-0.25, -0.2) is 4.79 Å². The number of ether oxygens (including phenoxy) is 1. The second-order valence-corrected chi connectivity index (χ2v) is 4.95. The number of ketones is 1. The third kappa shape index (κ3) is 5.73. The number of urea groups is 1. The molecule has 7 heteroatoms. The van der Waals surface area contributed by atoms with E-state index < -0.39 is 11.9 Å². The molecule has 0 aliphatic rings. The molecule has 0 spiro atoms. The van der Waals surface area contributed by atoms with E-state index in [2.05, 4.69) is 10.6 Å². The molecule has 1 rings (SSSR count). The van der Waals surface area contributed by atoms with Crippen LogP contribution in [0.3, 0.4) is 0 Å². The summed E-state index contributed by atoms with van der Waals surface area (Å²) in [6.07, 6.45) is 1.06. The molecule has 1 aromatic rings. The average Bonchev–Trinajstić information content (AvgIpc) is 2.50. The van der Waals surface area contributed by atoms with Crippen molar-refractivity contribution in [3.8, 4) is 5.75 Å². The van der Waals surface area contributed by atoms with Crippen LogP contribution >= 0.6 is 11.6 Å². The van der Waals surface area contributed by atoms with Gasteiger partial charge in [0.1, 0.15) is 5.75 Å². The predicted octanol–water partition coefficient (Wildman–Crippen LogP) is 2.55. The van der Waals surface area contributed by atoms with Crippen molar-refractivity contribution in [2.24, 2.45) is 0 Å². The van der Waals surface area contributed by atoms with Gasteiger partial charge in [-0.05, 0) is 24.6 Å². The lowest BCUT2D eigenvalue weighted by atomic mass is 10.1. The quantitative estimate of drug-likeness (QED) is 0.754. The minimum absolute atomic E-state index is 0.140. The summed E-state index contributed by atoms with van der Waals surface area (Å²) < 4.78 is 5.31. The first kappa shape index (κ1) is 18.0. The normalized spacial score (nSPS) is 9.95. The van der Waals surface area contributed by atoms with Crippen molar-refractivity contribution in [2.45, 2.75) is 26.7 Å². The van der Waals surface area contributed by atoms with Gasteiger partial charge in [-0.1, -0.05) is 25.4 Å². The van der Waals surface area contributed by atoms with Gasteiger partial charge in [0.2, 0.25) is 0 Å². The fourth-order valence-electron chi connectivity index (χ4n) is 1.63. The number of imide groups is 1. The van der Waals surface area contributed by atoms with Gasteiger partial charge in [0.25, 0.3) is 5.91 Å². The summed E-state index contributed by atoms with van der Waals surface area (Å²) in [4.78, 5) is 34.7. The van der Waals surface area contributed by atoms with Gasteiger partial charge in [0, 0.05) is 18.0 Å². The van der Waals surface area contributed by atoms with Crippen LogP contribution in [0.1, 0.15) is 37.0 Å². The van der Waals surface area contributed by atoms with Gasteiger partial charge in [0.15, 0.2) is 12.4 Å². The number of amides is 3. The molecule has 0 radical (unpaired) electrons. The van der Waals surface area contributed by atoms with Crippen LogP contribution in [-0.2, 0) is 4.79 Å². The summed E-state index contributed by atoms with van der Waals surface area (Å²) in [6, 6.07) is 4.01. The Morgan fingerprint density at radius 1 is 1.23 bits per heavy atom. The molecule has 0 bridgehead atoms. The molecule has 3 amide bonds. The van der Waals surface area contributed by atoms with E-state index in [0.717, 1.165) is 6.42 Å². The van der Waals surface area contributed by atoms with Gasteiger partial charge >= 0.3 is 6.03 Å². The molecular formula is C15H19ClN2O4. The fourth-order valence-corrected chi connectivity index (χ4v) is 1.80. The molecule has 0 aliphatic heterocycles. The largest absolute Gasteiger partial charge is 0.483 e. The molecule has 2 N–H and O–H groups in total. The van der Waals surface area contributed by atoms with E-state index in [0.29, 0.717) is 23.6 Å². The van der Waals surface area contributed by atoms with Crippen LogP contribution < -0.4 is 15.4 Å². The first-order valence-electron chi connectivity index (χ1n) is 7.01. The molecule has 0 aliphatic carbocycles. The Morgan fingerprint density at radius 3 is 2.59 bits per heavy atom. The first-order chi connectivity index (χ1) is 10.5. The standard InChI is InChI=1S/C15H19ClN2O4/c1-3-7-17-15(21)18-14(20)9-22-13-6-5-10(16)8-11(13)12(19)4-2/h5-6,8H,3-4,7,9H2,1-2H3,(H2,17,18,20,21). The van der Waals surface area contributed by atoms with Gasteiger partial charge in [0.05, 0.1) is 5.56 Å². The molecular weight excluding hydrogens is 308 g/mol. The van der Waals surface area contributed by atoms with Crippen LogP contribution in [0.25, 0.3) is 0 Å². The third-order valence-corrected chi connectivity index (χ3v) is 2.95. The molecule has 22 heavy (non-hydrogen) atoms. The van der Waals surface area contributed by atoms with Crippen molar-refractivity contribution >= 4 is 29.3 Å². The SMILES string of the molecule is CCCNC(=O)NC(=O)COc1ccc(Cl)cc1C(=O)CC. The molecule has 0 aromatic heterocycles. The van der Waals surface area contributed by atoms with E-state index >= 15 is 0 Å². The summed E-state index contributed by atoms with van der Waals surface area (Å²) in [7, 11) is 0. The number of Topliss-reactive ketones (excluding diaryl/α,β-unsaturated/α-hetero) is 1. The van der Waals surface area contributed by atoms with Crippen molar-refractivity contribution in [2.75, 3.05) is 13.2 Å². The Kier molecular flexibility index (Phi) is 7.39. The number of nitrogens with one attached hydrogen (secondary N) is 2. The highest BCUT2D eigenvalue weighted by Gasteiger charge is 2.14. The van der Waals surface area contributed by atoms with Gasteiger partial charge < -0.3 is 10.1 Å². The number of halogens is 1. The summed E-state index contributed by atoms with van der Waals surface area (Å²) in [5.41, 5.74) is 0.318. The van der Waals surface area contributed by atoms with Gasteiger partial charge in [-0.2, -0.15) is 0 Å². The minimum atomic E-state index is -0.599. The maximum absolute atomic E-state index is 11.8. The highest BCUT2D eigenvalue weighted by molar-refractivity contribution is 6.31. The van der Waals surface area contributed by atoms with Crippen LogP contribution in [0.5, 0.6) is 5.75 Å². The van der Waals surface area contributed by atoms with Gasteiger partial charge in [-0.3, -0.25) is 14.9 Å². The Labute approximate surface area is 134 Å². The zero-order valence-electron chi connectivity index (χ0n) is 12.6. The molecule has 0 saturated heterocycles. The first-order valence-corrected chi connectivity index (χ1v) is 7.39. The maximum Gasteiger partial charge on any atom is 0.321 e. The molecule has 1 aromatic carbocycles. The molecule has 0 atom stereocenters. The smallest absolute Gasteiger partial charge is 0.321 e. The zero-order valence-corrected chi connectivity index (χ0v) is 13.3. The maximum atomic E-state index is 11.8. The molecule has 0 unspecified atom stereocenters. The highest BCUT2D eigenvalue weighted by atomic mass is 35.5. The van der Waals surface area contributed by atoms with E-state index in [1.54, 1.807) is 13.0 Å². The number of hydrogen-bond donors (Lipinski definition) is 2. The number of benzene rings is 1. The van der Waals surface area contributed by atoms with E-state index in [1.165, 1.54) is 12.1 Å². The second kappa shape index (κ2) is 9.04. The fraction of sp³-hybridized carbons (Fsp3) is 0.400. The van der Waals surface area contributed by atoms with Crippen molar-refractivity contribution in [3.05, 3.63) is 28.8 Å². The monoisotopic (exact) mass is 326 g/mol. The molecule has 6 nitrogen and oxygen atoms in total. The zero-order chi connectivity index (χ0) is 16.5. The average molecular weight is 327 g/mol. The van der Waals surface area contributed by atoms with E-state index in [-0.39, 0.29) is 18.1 Å². The lowest BCUT2D eigenvalue weighted by molar-refractivity contribution is -0.122. The van der Waals surface area contributed by atoms with Crippen molar-refractivity contribution in [1.82, 2.24) is 10.6 Å². The molecule has 0 fully saturated rings. The minimum Gasteiger partial charge on any atom is -0.483 e. The number of carbonyl (C=O) groups excluding carboxylic acids is 3. The third-order valence-electron chi connectivity index (χ3n) is 2.71. The lowest BCUT2D eigenvalue weighted by Gasteiger charge is -2.11. The van der Waals surface area contributed by atoms with Crippen molar-refractivity contribution < 1.29 is 19.1 Å². The highest BCUT2D eigenvalue weighted by Crippen LogP contribution is 2.24. The van der Waals surface area contributed by atoms with E-state index in [4.69, 9.17) is 16.3 Å². The summed E-state index contributed by atoms with van der Waals surface area (Å²) >= 11 is 5.86. The van der Waals surface area contributed by atoms with Crippen molar-refractivity contribution in [1.29, 1.82) is 0 Å². The Hall–Kier alpha value is -2.08. The topological polar surface area (TPSA) is 84.5 Å². The summed E-state index contributed by atoms with van der Waals surface area (Å²) in [6.45, 7) is 3.73. The van der Waals surface area contributed by atoms with Crippen LogP contribution in [0.4, 0.5) is 4.79 Å². The second-order valence-electron chi connectivity index (χ2n) is 4.51. The molecule has 120 valence electrons. The van der Waals surface area contributed by atoms with Gasteiger partial charge in [-0.15, -0.1) is 0 Å².